The van der Waals surface area contributed by atoms with E-state index in [-0.39, 0.29) is 11.9 Å². The Kier molecular flexibility index (Phi) is 3.71. The zero-order valence-corrected chi connectivity index (χ0v) is 11.3. The van der Waals surface area contributed by atoms with Crippen LogP contribution in [0, 0.1) is 13.8 Å². The summed E-state index contributed by atoms with van der Waals surface area (Å²) in [5.41, 5.74) is 2.82. The lowest BCUT2D eigenvalue weighted by Gasteiger charge is -2.28. The van der Waals surface area contributed by atoms with Crippen LogP contribution in [0.4, 0.5) is 0 Å². The van der Waals surface area contributed by atoms with Gasteiger partial charge < -0.3 is 10.0 Å². The second kappa shape index (κ2) is 5.11. The normalized spacial score (nSPS) is 21.1. The van der Waals surface area contributed by atoms with E-state index in [9.17, 15) is 9.90 Å². The van der Waals surface area contributed by atoms with Crippen molar-refractivity contribution >= 4 is 5.91 Å². The van der Waals surface area contributed by atoms with Crippen molar-refractivity contribution in [3.8, 4) is 0 Å². The minimum absolute atomic E-state index is 0.0310. The fourth-order valence-electron chi connectivity index (χ4n) is 2.84. The lowest BCUT2D eigenvalue weighted by molar-refractivity contribution is 0.0536. The van der Waals surface area contributed by atoms with Gasteiger partial charge >= 0.3 is 0 Å². The molecular weight excluding hydrogens is 226 g/mol. The first-order valence-electron chi connectivity index (χ1n) is 6.57. The summed E-state index contributed by atoms with van der Waals surface area (Å²) in [6.45, 7) is 6.45. The third kappa shape index (κ3) is 2.27. The highest BCUT2D eigenvalue weighted by Crippen LogP contribution is 2.25. The molecule has 3 nitrogen and oxygen atoms in total. The van der Waals surface area contributed by atoms with E-state index in [1.165, 1.54) is 0 Å². The summed E-state index contributed by atoms with van der Waals surface area (Å²) in [4.78, 5) is 14.5. The van der Waals surface area contributed by atoms with Gasteiger partial charge in [-0.3, -0.25) is 4.79 Å². The van der Waals surface area contributed by atoms with Gasteiger partial charge in [0.25, 0.3) is 5.91 Å². The molecule has 1 aromatic carbocycles. The van der Waals surface area contributed by atoms with Crippen molar-refractivity contribution in [3.63, 3.8) is 0 Å². The molecule has 1 N–H and O–H groups in total. The number of hydrogen-bond donors (Lipinski definition) is 1. The zero-order chi connectivity index (χ0) is 13.3. The van der Waals surface area contributed by atoms with Gasteiger partial charge in [0.2, 0.25) is 0 Å². The van der Waals surface area contributed by atoms with E-state index in [1.54, 1.807) is 6.92 Å². The van der Waals surface area contributed by atoms with Crippen LogP contribution < -0.4 is 0 Å². The van der Waals surface area contributed by atoms with Crippen LogP contribution in [0.15, 0.2) is 18.2 Å². The van der Waals surface area contributed by atoms with Crippen LogP contribution in [0.25, 0.3) is 0 Å². The number of carbonyl (C=O) groups is 1. The summed E-state index contributed by atoms with van der Waals surface area (Å²) in [5, 5.41) is 9.76. The van der Waals surface area contributed by atoms with Crippen molar-refractivity contribution in [1.82, 2.24) is 4.90 Å². The van der Waals surface area contributed by atoms with Crippen molar-refractivity contribution in [2.75, 3.05) is 6.54 Å². The second-order valence-electron chi connectivity index (χ2n) is 5.22. The lowest BCUT2D eigenvalue weighted by atomic mass is 10.0. The number of amides is 1. The maximum absolute atomic E-state index is 12.6. The number of likely N-dealkylation sites (tertiary alicyclic amines) is 1. The fourth-order valence-corrected chi connectivity index (χ4v) is 2.84. The van der Waals surface area contributed by atoms with E-state index in [0.29, 0.717) is 0 Å². The first-order valence-corrected chi connectivity index (χ1v) is 6.57. The molecule has 18 heavy (non-hydrogen) atoms. The predicted octanol–water partition coefficient (Wildman–Crippen LogP) is 2.29. The molecule has 1 saturated heterocycles. The zero-order valence-electron chi connectivity index (χ0n) is 11.3. The third-order valence-corrected chi connectivity index (χ3v) is 3.81. The minimum atomic E-state index is -0.458. The number of aryl methyl sites for hydroxylation is 2. The molecule has 0 bridgehead atoms. The van der Waals surface area contributed by atoms with E-state index in [1.807, 2.05) is 36.9 Å². The summed E-state index contributed by atoms with van der Waals surface area (Å²) < 4.78 is 0. The maximum atomic E-state index is 12.6. The van der Waals surface area contributed by atoms with Crippen molar-refractivity contribution in [1.29, 1.82) is 0 Å². The Labute approximate surface area is 108 Å². The number of hydrogen-bond acceptors (Lipinski definition) is 2. The summed E-state index contributed by atoms with van der Waals surface area (Å²) in [6, 6.07) is 5.87. The molecule has 2 unspecified atom stereocenters. The highest BCUT2D eigenvalue weighted by atomic mass is 16.3. The Morgan fingerprint density at radius 2 is 2.00 bits per heavy atom. The Bertz CT molecular complexity index is 434. The minimum Gasteiger partial charge on any atom is -0.391 e. The molecule has 98 valence electrons. The van der Waals surface area contributed by atoms with Crippen molar-refractivity contribution in [2.24, 2.45) is 0 Å². The molecule has 0 saturated carbocycles. The van der Waals surface area contributed by atoms with Crippen molar-refractivity contribution in [2.45, 2.75) is 45.8 Å². The van der Waals surface area contributed by atoms with Gasteiger partial charge in [0.05, 0.1) is 12.1 Å². The van der Waals surface area contributed by atoms with Crippen LogP contribution >= 0.6 is 0 Å². The largest absolute Gasteiger partial charge is 0.391 e. The van der Waals surface area contributed by atoms with Gasteiger partial charge in [-0.2, -0.15) is 0 Å². The summed E-state index contributed by atoms with van der Waals surface area (Å²) in [5.74, 6) is 0.0639. The Hall–Kier alpha value is -1.35. The number of nitrogens with zero attached hydrogens (tertiary/aromatic N) is 1. The van der Waals surface area contributed by atoms with Gasteiger partial charge in [-0.05, 0) is 44.7 Å². The van der Waals surface area contributed by atoms with Gasteiger partial charge in [0, 0.05) is 12.1 Å². The molecule has 1 heterocycles. The second-order valence-corrected chi connectivity index (χ2v) is 5.22. The van der Waals surface area contributed by atoms with Crippen LogP contribution in [0.3, 0.4) is 0 Å². The molecule has 1 fully saturated rings. The molecule has 0 spiro atoms. The summed E-state index contributed by atoms with van der Waals surface area (Å²) in [7, 11) is 0. The average Bonchev–Trinajstić information content (AvgIpc) is 2.77. The topological polar surface area (TPSA) is 40.5 Å². The van der Waals surface area contributed by atoms with Crippen LogP contribution in [-0.2, 0) is 0 Å². The van der Waals surface area contributed by atoms with Crippen LogP contribution in [0.5, 0.6) is 0 Å². The molecule has 2 atom stereocenters. The Balaban J connectivity index is 2.31. The molecular formula is C15H21NO2. The van der Waals surface area contributed by atoms with Crippen LogP contribution in [0.2, 0.25) is 0 Å². The Morgan fingerprint density at radius 1 is 1.39 bits per heavy atom. The smallest absolute Gasteiger partial charge is 0.254 e. The molecule has 2 rings (SSSR count). The van der Waals surface area contributed by atoms with Crippen molar-refractivity contribution in [3.05, 3.63) is 34.9 Å². The maximum Gasteiger partial charge on any atom is 0.254 e. The van der Waals surface area contributed by atoms with E-state index in [2.05, 4.69) is 0 Å². The van der Waals surface area contributed by atoms with Gasteiger partial charge in [0.1, 0.15) is 0 Å². The average molecular weight is 247 g/mol. The monoisotopic (exact) mass is 247 g/mol. The van der Waals surface area contributed by atoms with E-state index in [4.69, 9.17) is 0 Å². The SMILES string of the molecule is Cc1cccc(C)c1C(=O)N1CCCC1C(C)O. The van der Waals surface area contributed by atoms with Crippen molar-refractivity contribution < 1.29 is 9.90 Å². The molecule has 1 aromatic rings. The third-order valence-electron chi connectivity index (χ3n) is 3.81. The molecule has 0 aliphatic carbocycles. The first kappa shape index (κ1) is 13.1. The van der Waals surface area contributed by atoms with E-state index < -0.39 is 6.10 Å². The van der Waals surface area contributed by atoms with E-state index in [0.717, 1.165) is 36.1 Å². The van der Waals surface area contributed by atoms with Crippen LogP contribution in [-0.4, -0.2) is 34.6 Å². The summed E-state index contributed by atoms with van der Waals surface area (Å²) >= 11 is 0. The molecule has 1 amide bonds. The molecule has 0 radical (unpaired) electrons. The quantitative estimate of drug-likeness (QED) is 0.871. The van der Waals surface area contributed by atoms with Gasteiger partial charge in [-0.15, -0.1) is 0 Å². The predicted molar refractivity (Wildman–Crippen MR) is 71.7 cm³/mol. The standard InChI is InChI=1S/C15H21NO2/c1-10-6-4-7-11(2)14(10)15(18)16-9-5-8-13(16)12(3)17/h4,6-7,12-13,17H,5,8-9H2,1-3H3. The highest BCUT2D eigenvalue weighted by molar-refractivity contribution is 5.97. The number of aliphatic hydroxyl groups is 1. The first-order chi connectivity index (χ1) is 8.52. The van der Waals surface area contributed by atoms with Gasteiger partial charge in [0.15, 0.2) is 0 Å². The molecule has 0 aromatic heterocycles. The summed E-state index contributed by atoms with van der Waals surface area (Å²) in [6.07, 6.45) is 1.42. The molecule has 3 heteroatoms. The highest BCUT2D eigenvalue weighted by Gasteiger charge is 2.33. The van der Waals surface area contributed by atoms with Gasteiger partial charge in [-0.1, -0.05) is 18.2 Å². The van der Waals surface area contributed by atoms with E-state index >= 15 is 0 Å². The number of benzene rings is 1. The lowest BCUT2D eigenvalue weighted by Crippen LogP contribution is -2.42. The van der Waals surface area contributed by atoms with Crippen LogP contribution in [0.1, 0.15) is 41.3 Å². The number of aliphatic hydroxyl groups excluding tert-OH is 1. The van der Waals surface area contributed by atoms with Gasteiger partial charge in [-0.25, -0.2) is 0 Å². The fraction of sp³-hybridized carbons (Fsp3) is 0.533. The number of rotatable bonds is 2. The molecule has 1 aliphatic heterocycles. The molecule has 1 aliphatic rings. The Morgan fingerprint density at radius 3 is 2.56 bits per heavy atom. The number of carbonyl (C=O) groups excluding carboxylic acids is 1.